The lowest BCUT2D eigenvalue weighted by atomic mass is 10.0. The van der Waals surface area contributed by atoms with E-state index in [9.17, 15) is 8.42 Å². The van der Waals surface area contributed by atoms with E-state index in [1.54, 1.807) is 0 Å². The zero-order valence-corrected chi connectivity index (χ0v) is 10.3. The Morgan fingerprint density at radius 2 is 2.13 bits per heavy atom. The first-order chi connectivity index (χ1) is 6.86. The van der Waals surface area contributed by atoms with Gasteiger partial charge in [0, 0.05) is 19.1 Å². The zero-order chi connectivity index (χ0) is 11.6. The van der Waals surface area contributed by atoms with Gasteiger partial charge in [0.15, 0.2) is 0 Å². The van der Waals surface area contributed by atoms with Crippen molar-refractivity contribution >= 4 is 10.0 Å². The number of nitrogens with one attached hydrogen (secondary N) is 1. The Kier molecular flexibility index (Phi) is 4.11. The highest BCUT2D eigenvalue weighted by Gasteiger charge is 2.34. The van der Waals surface area contributed by atoms with Crippen molar-refractivity contribution in [2.75, 3.05) is 26.0 Å². The molecule has 5 nitrogen and oxygen atoms in total. The average Bonchev–Trinajstić information content (AvgIpc) is 2.15. The van der Waals surface area contributed by atoms with E-state index in [2.05, 4.69) is 19.2 Å². The number of nitrogens with zero attached hydrogens (tertiary/aromatic N) is 1. The van der Waals surface area contributed by atoms with Crippen LogP contribution < -0.4 is 5.32 Å². The normalized spacial score (nSPS) is 29.7. The third-order valence-electron chi connectivity index (χ3n) is 2.84. The second kappa shape index (κ2) is 4.78. The molecule has 0 aromatic carbocycles. The van der Waals surface area contributed by atoms with Crippen LogP contribution in [0.2, 0.25) is 0 Å². The Morgan fingerprint density at radius 3 is 2.53 bits per heavy atom. The zero-order valence-electron chi connectivity index (χ0n) is 9.47. The van der Waals surface area contributed by atoms with Gasteiger partial charge in [0.25, 0.3) is 0 Å². The summed E-state index contributed by atoms with van der Waals surface area (Å²) >= 11 is 0. The third-order valence-corrected chi connectivity index (χ3v) is 4.14. The Morgan fingerprint density at radius 1 is 1.53 bits per heavy atom. The van der Waals surface area contributed by atoms with Gasteiger partial charge in [-0.1, -0.05) is 13.8 Å². The van der Waals surface area contributed by atoms with Crippen LogP contribution in [0.1, 0.15) is 13.8 Å². The lowest BCUT2D eigenvalue weighted by Gasteiger charge is -2.39. The summed E-state index contributed by atoms with van der Waals surface area (Å²) in [5, 5.41) is 12.4. The van der Waals surface area contributed by atoms with Gasteiger partial charge in [0.2, 0.25) is 10.0 Å². The Balaban J connectivity index is 2.79. The number of sulfonamides is 1. The predicted molar refractivity (Wildman–Crippen MR) is 59.1 cm³/mol. The summed E-state index contributed by atoms with van der Waals surface area (Å²) in [6.45, 7) is 4.94. The largest absolute Gasteiger partial charge is 0.395 e. The topological polar surface area (TPSA) is 69.6 Å². The van der Waals surface area contributed by atoms with Crippen molar-refractivity contribution in [1.29, 1.82) is 0 Å². The summed E-state index contributed by atoms with van der Waals surface area (Å²) in [4.78, 5) is 0. The smallest absolute Gasteiger partial charge is 0.211 e. The second-order valence-electron chi connectivity index (χ2n) is 4.43. The molecule has 0 radical (unpaired) electrons. The molecule has 0 saturated carbocycles. The fourth-order valence-electron chi connectivity index (χ4n) is 1.81. The van der Waals surface area contributed by atoms with Gasteiger partial charge in [-0.05, 0) is 5.92 Å². The number of piperazine rings is 1. The van der Waals surface area contributed by atoms with Gasteiger partial charge in [-0.25, -0.2) is 8.42 Å². The van der Waals surface area contributed by atoms with Crippen LogP contribution in [0.15, 0.2) is 0 Å². The van der Waals surface area contributed by atoms with Gasteiger partial charge in [-0.2, -0.15) is 4.31 Å². The van der Waals surface area contributed by atoms with Gasteiger partial charge in [0.1, 0.15) is 0 Å². The van der Waals surface area contributed by atoms with Crippen LogP contribution in [0.3, 0.4) is 0 Å². The molecular weight excluding hydrogens is 216 g/mol. The molecule has 1 rings (SSSR count). The van der Waals surface area contributed by atoms with E-state index in [1.807, 2.05) is 0 Å². The maximum atomic E-state index is 11.5. The number of aliphatic hydroxyl groups excluding tert-OH is 1. The monoisotopic (exact) mass is 236 g/mol. The summed E-state index contributed by atoms with van der Waals surface area (Å²) in [5.74, 6) is 0.383. The number of aliphatic hydroxyl groups is 1. The van der Waals surface area contributed by atoms with E-state index < -0.39 is 10.0 Å². The summed E-state index contributed by atoms with van der Waals surface area (Å²) in [7, 11) is -3.22. The summed E-state index contributed by atoms with van der Waals surface area (Å²) in [5.41, 5.74) is 0. The van der Waals surface area contributed by atoms with E-state index >= 15 is 0 Å². The van der Waals surface area contributed by atoms with Gasteiger partial charge >= 0.3 is 0 Å². The molecule has 15 heavy (non-hydrogen) atoms. The minimum Gasteiger partial charge on any atom is -0.395 e. The predicted octanol–water partition coefficient (Wildman–Crippen LogP) is -0.763. The molecule has 1 aliphatic rings. The standard InChI is InChI=1S/C9H20N2O3S/c1-7(2)9-5-11(15(3,13)14)8(6-12)4-10-9/h7-10,12H,4-6H2,1-3H3. The molecule has 1 heterocycles. The van der Waals surface area contributed by atoms with E-state index in [0.717, 1.165) is 0 Å². The minimum atomic E-state index is -3.22. The molecule has 0 amide bonds. The molecule has 2 unspecified atom stereocenters. The van der Waals surface area contributed by atoms with Gasteiger partial charge in [-0.3, -0.25) is 0 Å². The van der Waals surface area contributed by atoms with Gasteiger partial charge in [0.05, 0.1) is 18.9 Å². The Labute approximate surface area is 91.5 Å². The molecule has 1 fully saturated rings. The first kappa shape index (κ1) is 12.9. The molecule has 0 aromatic heterocycles. The second-order valence-corrected chi connectivity index (χ2v) is 6.36. The molecule has 0 aromatic rings. The van der Waals surface area contributed by atoms with Crippen LogP contribution in [0, 0.1) is 5.92 Å². The quantitative estimate of drug-likeness (QED) is 0.675. The molecule has 0 bridgehead atoms. The van der Waals surface area contributed by atoms with Crippen LogP contribution in [-0.4, -0.2) is 55.9 Å². The fourth-order valence-corrected chi connectivity index (χ4v) is 2.92. The molecule has 1 aliphatic heterocycles. The maximum absolute atomic E-state index is 11.5. The SMILES string of the molecule is CC(C)C1CN(S(C)(=O)=O)C(CO)CN1. The lowest BCUT2D eigenvalue weighted by molar-refractivity contribution is 0.133. The van der Waals surface area contributed by atoms with Crippen molar-refractivity contribution in [3.8, 4) is 0 Å². The average molecular weight is 236 g/mol. The number of hydrogen-bond acceptors (Lipinski definition) is 4. The third kappa shape index (κ3) is 3.14. The maximum Gasteiger partial charge on any atom is 0.211 e. The van der Waals surface area contributed by atoms with Crippen LogP contribution in [0.5, 0.6) is 0 Å². The molecule has 0 aliphatic carbocycles. The summed E-state index contributed by atoms with van der Waals surface area (Å²) in [6, 6.07) is -0.155. The molecule has 0 spiro atoms. The van der Waals surface area contributed by atoms with Crippen molar-refractivity contribution < 1.29 is 13.5 Å². The highest BCUT2D eigenvalue weighted by atomic mass is 32.2. The van der Waals surface area contributed by atoms with E-state index in [0.29, 0.717) is 19.0 Å². The highest BCUT2D eigenvalue weighted by Crippen LogP contribution is 2.15. The minimum absolute atomic E-state index is 0.134. The molecule has 2 N–H and O–H groups in total. The van der Waals surface area contributed by atoms with Gasteiger partial charge in [-0.15, -0.1) is 0 Å². The highest BCUT2D eigenvalue weighted by molar-refractivity contribution is 7.88. The van der Waals surface area contributed by atoms with Crippen molar-refractivity contribution in [2.24, 2.45) is 5.92 Å². The Hall–Kier alpha value is -0.170. The summed E-state index contributed by atoms with van der Waals surface area (Å²) < 4.78 is 24.4. The fraction of sp³-hybridized carbons (Fsp3) is 1.00. The van der Waals surface area contributed by atoms with Crippen LogP contribution in [0.4, 0.5) is 0 Å². The van der Waals surface area contributed by atoms with Crippen LogP contribution in [0.25, 0.3) is 0 Å². The van der Waals surface area contributed by atoms with Crippen LogP contribution >= 0.6 is 0 Å². The van der Waals surface area contributed by atoms with E-state index in [-0.39, 0.29) is 18.7 Å². The van der Waals surface area contributed by atoms with E-state index in [4.69, 9.17) is 5.11 Å². The number of rotatable bonds is 3. The lowest BCUT2D eigenvalue weighted by Crippen LogP contribution is -2.60. The molecule has 6 heteroatoms. The van der Waals surface area contributed by atoms with Crippen molar-refractivity contribution in [2.45, 2.75) is 25.9 Å². The first-order valence-corrected chi connectivity index (χ1v) is 7.02. The first-order valence-electron chi connectivity index (χ1n) is 5.17. The Bertz CT molecular complexity index is 302. The molecule has 1 saturated heterocycles. The molecular formula is C9H20N2O3S. The van der Waals surface area contributed by atoms with Crippen molar-refractivity contribution in [1.82, 2.24) is 9.62 Å². The van der Waals surface area contributed by atoms with Gasteiger partial charge < -0.3 is 10.4 Å². The summed E-state index contributed by atoms with van der Waals surface area (Å²) in [6.07, 6.45) is 1.19. The number of hydrogen-bond donors (Lipinski definition) is 2. The van der Waals surface area contributed by atoms with Crippen molar-refractivity contribution in [3.63, 3.8) is 0 Å². The molecule has 90 valence electrons. The van der Waals surface area contributed by atoms with E-state index in [1.165, 1.54) is 10.6 Å². The van der Waals surface area contributed by atoms with Crippen molar-refractivity contribution in [3.05, 3.63) is 0 Å². The van der Waals surface area contributed by atoms with Crippen LogP contribution in [-0.2, 0) is 10.0 Å². The molecule has 2 atom stereocenters.